The second kappa shape index (κ2) is 6.20. The number of benzene rings is 2. The number of hydrogen-bond acceptors (Lipinski definition) is 4. The number of nitrogens with one attached hydrogen (secondary N) is 1. The molecular weight excluding hydrogens is 302 g/mol. The molecule has 0 atom stereocenters. The Kier molecular flexibility index (Phi) is 4.08. The van der Waals surface area contributed by atoms with E-state index >= 15 is 0 Å². The van der Waals surface area contributed by atoms with Crippen molar-refractivity contribution < 1.29 is 9.90 Å². The molecule has 0 spiro atoms. The molecule has 3 aromatic rings. The summed E-state index contributed by atoms with van der Waals surface area (Å²) in [4.78, 5) is 17.6. The van der Waals surface area contributed by atoms with Gasteiger partial charge >= 0.3 is 5.97 Å². The first-order valence-corrected chi connectivity index (χ1v) is 7.63. The van der Waals surface area contributed by atoms with Gasteiger partial charge in [-0.1, -0.05) is 11.6 Å². The van der Waals surface area contributed by atoms with Crippen molar-refractivity contribution in [2.75, 3.05) is 24.3 Å². The molecule has 0 fully saturated rings. The molecule has 0 amide bonds. The summed E-state index contributed by atoms with van der Waals surface area (Å²) in [6, 6.07) is 15.3. The Balaban J connectivity index is 2.06. The van der Waals surface area contributed by atoms with Gasteiger partial charge in [-0.25, -0.2) is 9.78 Å². The number of aryl methyl sites for hydroxylation is 1. The summed E-state index contributed by atoms with van der Waals surface area (Å²) in [5.41, 5.74) is 4.51. The number of rotatable bonds is 4. The maximum Gasteiger partial charge on any atom is 0.354 e. The number of carbonyl (C=O) groups is 1. The zero-order valence-electron chi connectivity index (χ0n) is 13.9. The molecule has 5 nitrogen and oxygen atoms in total. The van der Waals surface area contributed by atoms with E-state index in [4.69, 9.17) is 0 Å². The lowest BCUT2D eigenvalue weighted by Crippen LogP contribution is -2.08. The smallest absolute Gasteiger partial charge is 0.354 e. The molecule has 0 radical (unpaired) electrons. The van der Waals surface area contributed by atoms with Gasteiger partial charge in [0.15, 0.2) is 5.69 Å². The number of carboxylic acid groups (broad SMARTS) is 1. The molecule has 2 aromatic carbocycles. The van der Waals surface area contributed by atoms with Crippen molar-refractivity contribution in [1.82, 2.24) is 4.98 Å². The molecule has 0 aliphatic carbocycles. The summed E-state index contributed by atoms with van der Waals surface area (Å²) in [7, 11) is 3.97. The van der Waals surface area contributed by atoms with E-state index in [1.165, 1.54) is 0 Å². The Morgan fingerprint density at radius 1 is 1.08 bits per heavy atom. The zero-order valence-corrected chi connectivity index (χ0v) is 13.9. The number of nitrogens with zero attached hydrogens (tertiary/aromatic N) is 2. The van der Waals surface area contributed by atoms with Crippen molar-refractivity contribution in [3.05, 3.63) is 59.8 Å². The van der Waals surface area contributed by atoms with Crippen LogP contribution in [0.15, 0.2) is 48.5 Å². The Hall–Kier alpha value is -3.08. The lowest BCUT2D eigenvalue weighted by Gasteiger charge is -2.14. The highest BCUT2D eigenvalue weighted by molar-refractivity contribution is 5.98. The monoisotopic (exact) mass is 321 g/mol. The number of hydrogen-bond donors (Lipinski definition) is 2. The molecule has 5 heteroatoms. The SMILES string of the molecule is Cc1ccc2nc(C(=O)O)cc(Nc3ccc(N(C)C)cc3)c2c1. The van der Waals surface area contributed by atoms with E-state index in [2.05, 4.69) is 10.3 Å². The highest BCUT2D eigenvalue weighted by Crippen LogP contribution is 2.28. The van der Waals surface area contributed by atoms with Gasteiger partial charge in [-0.2, -0.15) is 0 Å². The van der Waals surface area contributed by atoms with Gasteiger partial charge in [0.05, 0.1) is 11.2 Å². The predicted molar refractivity (Wildman–Crippen MR) is 97.5 cm³/mol. The largest absolute Gasteiger partial charge is 0.477 e. The average Bonchev–Trinajstić information content (AvgIpc) is 2.55. The molecule has 0 aliphatic rings. The van der Waals surface area contributed by atoms with E-state index in [-0.39, 0.29) is 5.69 Å². The Morgan fingerprint density at radius 3 is 2.42 bits per heavy atom. The molecule has 0 saturated carbocycles. The van der Waals surface area contributed by atoms with E-state index in [9.17, 15) is 9.90 Å². The summed E-state index contributed by atoms with van der Waals surface area (Å²) < 4.78 is 0. The summed E-state index contributed by atoms with van der Waals surface area (Å²) >= 11 is 0. The van der Waals surface area contributed by atoms with E-state index in [0.717, 1.165) is 28.0 Å². The summed E-state index contributed by atoms with van der Waals surface area (Å²) in [6.45, 7) is 2.00. The number of anilines is 3. The van der Waals surface area contributed by atoms with Gasteiger partial charge in [-0.05, 0) is 49.4 Å². The third-order valence-electron chi connectivity index (χ3n) is 3.85. The Bertz CT molecular complexity index is 902. The fourth-order valence-electron chi connectivity index (χ4n) is 2.55. The number of carboxylic acids is 1. The second-order valence-corrected chi connectivity index (χ2v) is 5.95. The molecule has 0 aliphatic heterocycles. The molecule has 1 aromatic heterocycles. The number of pyridine rings is 1. The summed E-state index contributed by atoms with van der Waals surface area (Å²) in [5, 5.41) is 13.5. The fourth-order valence-corrected chi connectivity index (χ4v) is 2.55. The number of aromatic nitrogens is 1. The van der Waals surface area contributed by atoms with Crippen molar-refractivity contribution in [2.24, 2.45) is 0 Å². The topological polar surface area (TPSA) is 65.5 Å². The first kappa shape index (κ1) is 15.8. The minimum atomic E-state index is -1.04. The van der Waals surface area contributed by atoms with Crippen LogP contribution in [0.4, 0.5) is 17.1 Å². The van der Waals surface area contributed by atoms with Gasteiger partial charge in [0.1, 0.15) is 0 Å². The van der Waals surface area contributed by atoms with Crippen LogP contribution in [0.5, 0.6) is 0 Å². The van der Waals surface area contributed by atoms with Crippen LogP contribution in [0.25, 0.3) is 10.9 Å². The minimum absolute atomic E-state index is 0.0266. The van der Waals surface area contributed by atoms with Gasteiger partial charge in [0, 0.05) is 30.9 Å². The van der Waals surface area contributed by atoms with Crippen LogP contribution in [-0.2, 0) is 0 Å². The van der Waals surface area contributed by atoms with Crippen molar-refractivity contribution in [2.45, 2.75) is 6.92 Å². The molecular formula is C19H19N3O2. The zero-order chi connectivity index (χ0) is 17.3. The fraction of sp³-hybridized carbons (Fsp3) is 0.158. The predicted octanol–water partition coefficient (Wildman–Crippen LogP) is 4.05. The maximum absolute atomic E-state index is 11.3. The molecule has 0 saturated heterocycles. The van der Waals surface area contributed by atoms with Crippen molar-refractivity contribution in [3.8, 4) is 0 Å². The first-order valence-electron chi connectivity index (χ1n) is 7.63. The van der Waals surface area contributed by atoms with Gasteiger partial charge in [-0.3, -0.25) is 0 Å². The molecule has 24 heavy (non-hydrogen) atoms. The minimum Gasteiger partial charge on any atom is -0.477 e. The van der Waals surface area contributed by atoms with Crippen LogP contribution >= 0.6 is 0 Å². The van der Waals surface area contributed by atoms with Crippen LogP contribution in [0, 0.1) is 6.92 Å². The Labute approximate surface area is 140 Å². The van der Waals surface area contributed by atoms with Crippen LogP contribution in [0.3, 0.4) is 0 Å². The lowest BCUT2D eigenvalue weighted by atomic mass is 10.1. The second-order valence-electron chi connectivity index (χ2n) is 5.95. The first-order chi connectivity index (χ1) is 11.4. The van der Waals surface area contributed by atoms with Crippen LogP contribution in [0.1, 0.15) is 16.1 Å². The standard InChI is InChI=1S/C19H19N3O2/c1-12-4-9-16-15(10-12)17(11-18(21-16)19(23)24)20-13-5-7-14(8-6-13)22(2)3/h4-11H,1-3H3,(H,20,21)(H,23,24). The van der Waals surface area contributed by atoms with E-state index in [0.29, 0.717) is 5.52 Å². The van der Waals surface area contributed by atoms with E-state index in [1.54, 1.807) is 6.07 Å². The van der Waals surface area contributed by atoms with Crippen LogP contribution in [0.2, 0.25) is 0 Å². The van der Waals surface area contributed by atoms with Crippen LogP contribution in [-0.4, -0.2) is 30.2 Å². The molecule has 0 bridgehead atoms. The van der Waals surface area contributed by atoms with Crippen molar-refractivity contribution in [3.63, 3.8) is 0 Å². The molecule has 2 N–H and O–H groups in total. The lowest BCUT2D eigenvalue weighted by molar-refractivity contribution is 0.0691. The third-order valence-corrected chi connectivity index (χ3v) is 3.85. The van der Waals surface area contributed by atoms with Gasteiger partial charge in [-0.15, -0.1) is 0 Å². The maximum atomic E-state index is 11.3. The molecule has 122 valence electrons. The third kappa shape index (κ3) is 3.15. The number of aromatic carboxylic acids is 1. The quantitative estimate of drug-likeness (QED) is 0.759. The van der Waals surface area contributed by atoms with Gasteiger partial charge in [0.25, 0.3) is 0 Å². The number of fused-ring (bicyclic) bond motifs is 1. The van der Waals surface area contributed by atoms with E-state index in [1.807, 2.05) is 68.4 Å². The van der Waals surface area contributed by atoms with Crippen molar-refractivity contribution >= 4 is 33.9 Å². The molecule has 3 rings (SSSR count). The van der Waals surface area contributed by atoms with Crippen LogP contribution < -0.4 is 10.2 Å². The van der Waals surface area contributed by atoms with Gasteiger partial charge < -0.3 is 15.3 Å². The highest BCUT2D eigenvalue weighted by Gasteiger charge is 2.11. The Morgan fingerprint density at radius 2 is 1.79 bits per heavy atom. The molecule has 0 unspecified atom stereocenters. The van der Waals surface area contributed by atoms with Gasteiger partial charge in [0.2, 0.25) is 0 Å². The van der Waals surface area contributed by atoms with E-state index < -0.39 is 5.97 Å². The average molecular weight is 321 g/mol. The molecule has 1 heterocycles. The highest BCUT2D eigenvalue weighted by atomic mass is 16.4. The summed E-state index contributed by atoms with van der Waals surface area (Å²) in [5.74, 6) is -1.04. The van der Waals surface area contributed by atoms with Crippen molar-refractivity contribution in [1.29, 1.82) is 0 Å². The normalized spacial score (nSPS) is 10.6. The summed E-state index contributed by atoms with van der Waals surface area (Å²) in [6.07, 6.45) is 0.